The molecular formula is C29H34F2N6O4. The summed E-state index contributed by atoms with van der Waals surface area (Å²) in [5, 5.41) is 7.19. The Hall–Kier alpha value is -3.90. The summed E-state index contributed by atoms with van der Waals surface area (Å²) in [7, 11) is 4.66. The summed E-state index contributed by atoms with van der Waals surface area (Å²) < 4.78 is 46.7. The number of rotatable bonds is 11. The lowest BCUT2D eigenvalue weighted by atomic mass is 9.97. The van der Waals surface area contributed by atoms with Crippen LogP contribution in [0.15, 0.2) is 31.0 Å². The van der Waals surface area contributed by atoms with Crippen LogP contribution in [0, 0.1) is 17.6 Å². The van der Waals surface area contributed by atoms with Crippen molar-refractivity contribution in [3.8, 4) is 22.8 Å². The lowest BCUT2D eigenvalue weighted by Crippen LogP contribution is -2.32. The molecule has 2 aliphatic rings. The average molecular weight is 569 g/mol. The van der Waals surface area contributed by atoms with Gasteiger partial charge in [0.1, 0.15) is 5.52 Å². The third-order valence-electron chi connectivity index (χ3n) is 7.78. The number of pyridine rings is 1. The van der Waals surface area contributed by atoms with E-state index in [2.05, 4.69) is 39.1 Å². The van der Waals surface area contributed by atoms with E-state index in [-0.39, 0.29) is 46.5 Å². The van der Waals surface area contributed by atoms with Crippen molar-refractivity contribution in [2.24, 2.45) is 5.92 Å². The summed E-state index contributed by atoms with van der Waals surface area (Å²) in [4.78, 5) is 28.0. The maximum Gasteiger partial charge on any atom is 0.223 e. The van der Waals surface area contributed by atoms with Gasteiger partial charge in [0, 0.05) is 42.6 Å². The van der Waals surface area contributed by atoms with Gasteiger partial charge in [-0.25, -0.2) is 23.7 Å². The van der Waals surface area contributed by atoms with E-state index in [0.29, 0.717) is 48.8 Å². The van der Waals surface area contributed by atoms with E-state index in [1.165, 1.54) is 26.4 Å². The van der Waals surface area contributed by atoms with Crippen molar-refractivity contribution in [2.75, 3.05) is 58.2 Å². The fraction of sp³-hybridized carbons (Fsp3) is 0.448. The third kappa shape index (κ3) is 5.94. The standard InChI is InChI=1S/C29H34F2N6O4/c1-5-19(38)9-17-14-41-15-21(17)35-29-33-12-16-10-20(24-25(30)22(39-3)11-23(40-4)26(24)31)34-28(27(16)36-29)32-13-18-7-6-8-37(18)2/h5,10-12,17-18,21H,1,6-9,13-15H2,2-4H3,(H,32,34)(H,33,35,36)/t17-,18?,21+/m0/s1. The van der Waals surface area contributed by atoms with E-state index in [4.69, 9.17) is 19.2 Å². The summed E-state index contributed by atoms with van der Waals surface area (Å²) >= 11 is 0. The minimum atomic E-state index is -0.889. The van der Waals surface area contributed by atoms with Crippen LogP contribution in [0.4, 0.5) is 20.5 Å². The van der Waals surface area contributed by atoms with Crippen molar-refractivity contribution in [1.82, 2.24) is 19.9 Å². The van der Waals surface area contributed by atoms with Crippen LogP contribution in [0.25, 0.3) is 22.2 Å². The Morgan fingerprint density at radius 1 is 1.20 bits per heavy atom. The number of ether oxygens (including phenoxy) is 3. The Morgan fingerprint density at radius 3 is 2.61 bits per heavy atom. The minimum absolute atomic E-state index is 0.0449. The van der Waals surface area contributed by atoms with Crippen molar-refractivity contribution in [3.05, 3.63) is 42.6 Å². The molecule has 3 aromatic rings. The largest absolute Gasteiger partial charge is 0.494 e. The molecular weight excluding hydrogens is 534 g/mol. The highest BCUT2D eigenvalue weighted by atomic mass is 19.1. The molecule has 41 heavy (non-hydrogen) atoms. The number of carbonyl (C=O) groups excluding carboxylic acids is 1. The Bertz CT molecular complexity index is 1430. The van der Waals surface area contributed by atoms with Gasteiger partial charge in [-0.15, -0.1) is 0 Å². The molecule has 0 spiro atoms. The van der Waals surface area contributed by atoms with Crippen LogP contribution in [-0.2, 0) is 9.53 Å². The maximum atomic E-state index is 15.4. The minimum Gasteiger partial charge on any atom is -0.494 e. The van der Waals surface area contributed by atoms with E-state index in [1.807, 2.05) is 0 Å². The second kappa shape index (κ2) is 12.3. The zero-order valence-corrected chi connectivity index (χ0v) is 23.4. The van der Waals surface area contributed by atoms with Gasteiger partial charge in [-0.3, -0.25) is 4.79 Å². The molecule has 218 valence electrons. The second-order valence-corrected chi connectivity index (χ2v) is 10.4. The second-order valence-electron chi connectivity index (χ2n) is 10.4. The fourth-order valence-corrected chi connectivity index (χ4v) is 5.39. The van der Waals surface area contributed by atoms with Gasteiger partial charge in [-0.1, -0.05) is 6.58 Å². The summed E-state index contributed by atoms with van der Waals surface area (Å²) in [5.41, 5.74) is 0.160. The zero-order chi connectivity index (χ0) is 29.1. The molecule has 1 unspecified atom stereocenters. The number of allylic oxidation sites excluding steroid dienone is 1. The van der Waals surface area contributed by atoms with Gasteiger partial charge in [0.05, 0.1) is 44.7 Å². The van der Waals surface area contributed by atoms with Gasteiger partial charge in [0.15, 0.2) is 34.7 Å². The van der Waals surface area contributed by atoms with Crippen molar-refractivity contribution in [3.63, 3.8) is 0 Å². The van der Waals surface area contributed by atoms with E-state index in [0.717, 1.165) is 25.5 Å². The van der Waals surface area contributed by atoms with E-state index in [9.17, 15) is 4.79 Å². The summed E-state index contributed by atoms with van der Waals surface area (Å²) in [6.45, 7) is 5.97. The van der Waals surface area contributed by atoms with Crippen LogP contribution in [-0.4, -0.2) is 85.3 Å². The number of halogens is 2. The van der Waals surface area contributed by atoms with E-state index in [1.54, 1.807) is 6.20 Å². The Kier molecular flexibility index (Phi) is 8.60. The molecule has 1 aromatic carbocycles. The molecule has 2 aliphatic heterocycles. The highest BCUT2D eigenvalue weighted by molar-refractivity contribution is 5.92. The molecule has 0 saturated carbocycles. The fourth-order valence-electron chi connectivity index (χ4n) is 5.39. The van der Waals surface area contributed by atoms with Gasteiger partial charge in [0.25, 0.3) is 0 Å². The van der Waals surface area contributed by atoms with Gasteiger partial charge in [-0.05, 0) is 38.6 Å². The number of fused-ring (bicyclic) bond motifs is 1. The van der Waals surface area contributed by atoms with Crippen LogP contribution in [0.3, 0.4) is 0 Å². The molecule has 4 heterocycles. The SMILES string of the molecule is C=CC(=O)C[C@H]1COC[C@H]1Nc1ncc2cc(-c3c(F)c(OC)cc(OC)c3F)nc(NCC3CCCN3C)c2n1. The summed E-state index contributed by atoms with van der Waals surface area (Å²) in [5.74, 6) is -1.52. The van der Waals surface area contributed by atoms with Crippen LogP contribution in [0.5, 0.6) is 11.5 Å². The molecule has 5 rings (SSSR count). The van der Waals surface area contributed by atoms with Gasteiger partial charge in [0.2, 0.25) is 5.95 Å². The van der Waals surface area contributed by atoms with Crippen LogP contribution < -0.4 is 20.1 Å². The molecule has 12 heteroatoms. The number of methoxy groups -OCH3 is 2. The first-order valence-electron chi connectivity index (χ1n) is 13.5. The van der Waals surface area contributed by atoms with E-state index >= 15 is 8.78 Å². The third-order valence-corrected chi connectivity index (χ3v) is 7.78. The Morgan fingerprint density at radius 2 is 1.95 bits per heavy atom. The van der Waals surface area contributed by atoms with Gasteiger partial charge in [-0.2, -0.15) is 0 Å². The predicted octanol–water partition coefficient (Wildman–Crippen LogP) is 4.07. The normalized spacial score (nSPS) is 20.8. The maximum absolute atomic E-state index is 15.4. The van der Waals surface area contributed by atoms with Crippen molar-refractivity contribution < 1.29 is 27.8 Å². The van der Waals surface area contributed by atoms with Crippen LogP contribution in [0.2, 0.25) is 0 Å². The molecule has 10 nitrogen and oxygen atoms in total. The number of likely N-dealkylation sites (tertiary alicyclic amines) is 1. The number of nitrogens with zero attached hydrogens (tertiary/aromatic N) is 4. The van der Waals surface area contributed by atoms with Crippen molar-refractivity contribution >= 4 is 28.5 Å². The summed E-state index contributed by atoms with van der Waals surface area (Å²) in [6, 6.07) is 2.81. The topological polar surface area (TPSA) is 111 Å². The number of anilines is 2. The molecule has 0 aliphatic carbocycles. The first kappa shape index (κ1) is 28.6. The van der Waals surface area contributed by atoms with Gasteiger partial charge < -0.3 is 29.7 Å². The number of benzene rings is 1. The Balaban J connectivity index is 1.55. The number of ketones is 1. The zero-order valence-electron chi connectivity index (χ0n) is 23.4. The average Bonchev–Trinajstić information content (AvgIpc) is 3.59. The number of hydrogen-bond acceptors (Lipinski definition) is 10. The molecule has 0 amide bonds. The number of likely N-dealkylation sites (N-methyl/N-ethyl adjacent to an activating group) is 1. The van der Waals surface area contributed by atoms with E-state index < -0.39 is 11.6 Å². The van der Waals surface area contributed by atoms with Crippen LogP contribution in [0.1, 0.15) is 19.3 Å². The number of hydrogen-bond donors (Lipinski definition) is 2. The molecule has 2 N–H and O–H groups in total. The molecule has 2 fully saturated rings. The molecule has 0 radical (unpaired) electrons. The predicted molar refractivity (Wildman–Crippen MR) is 151 cm³/mol. The highest BCUT2D eigenvalue weighted by Crippen LogP contribution is 2.38. The highest BCUT2D eigenvalue weighted by Gasteiger charge is 2.31. The monoisotopic (exact) mass is 568 g/mol. The van der Waals surface area contributed by atoms with Crippen molar-refractivity contribution in [1.29, 1.82) is 0 Å². The summed E-state index contributed by atoms with van der Waals surface area (Å²) in [6.07, 6.45) is 5.31. The molecule has 3 atom stereocenters. The molecule has 0 bridgehead atoms. The number of aromatic nitrogens is 3. The molecule has 2 aromatic heterocycles. The first-order chi connectivity index (χ1) is 19.8. The van der Waals surface area contributed by atoms with Crippen LogP contribution >= 0.6 is 0 Å². The number of carbonyl (C=O) groups is 1. The smallest absolute Gasteiger partial charge is 0.223 e. The van der Waals surface area contributed by atoms with Gasteiger partial charge >= 0.3 is 0 Å². The lowest BCUT2D eigenvalue weighted by molar-refractivity contribution is -0.115. The lowest BCUT2D eigenvalue weighted by Gasteiger charge is -2.21. The Labute approximate surface area is 237 Å². The molecule has 2 saturated heterocycles. The quantitative estimate of drug-likeness (QED) is 0.329. The number of nitrogens with one attached hydrogen (secondary N) is 2. The first-order valence-corrected chi connectivity index (χ1v) is 13.5. The van der Waals surface area contributed by atoms with Crippen molar-refractivity contribution in [2.45, 2.75) is 31.3 Å².